The third-order valence-electron chi connectivity index (χ3n) is 2.96. The molecule has 0 amide bonds. The van der Waals surface area contributed by atoms with Gasteiger partial charge in [0.1, 0.15) is 6.04 Å². The van der Waals surface area contributed by atoms with Gasteiger partial charge in [-0.2, -0.15) is 0 Å². The number of esters is 1. The molecule has 0 aliphatic rings. The average molecular weight is 265 g/mol. The Morgan fingerprint density at radius 1 is 1.32 bits per heavy atom. The molecule has 0 aliphatic carbocycles. The second-order valence-electron chi connectivity index (χ2n) is 4.45. The van der Waals surface area contributed by atoms with Gasteiger partial charge in [-0.1, -0.05) is 37.3 Å². The molecule has 1 aromatic carbocycles. The summed E-state index contributed by atoms with van der Waals surface area (Å²) in [7, 11) is 0. The maximum absolute atomic E-state index is 11.7. The van der Waals surface area contributed by atoms with Gasteiger partial charge >= 0.3 is 5.97 Å². The summed E-state index contributed by atoms with van der Waals surface area (Å²) in [5.41, 5.74) is 1.13. The van der Waals surface area contributed by atoms with Crippen LogP contribution in [-0.2, 0) is 16.0 Å². The number of nitrogens with one attached hydrogen (secondary N) is 1. The summed E-state index contributed by atoms with van der Waals surface area (Å²) in [6.45, 7) is 4.08. The van der Waals surface area contributed by atoms with Crippen molar-refractivity contribution >= 4 is 5.97 Å². The number of ether oxygens (including phenoxy) is 1. The molecule has 0 aromatic heterocycles. The molecule has 1 rings (SSSR count). The Kier molecular flexibility index (Phi) is 7.15. The molecule has 2 N–H and O–H groups in total. The molecule has 0 bridgehead atoms. The zero-order chi connectivity index (χ0) is 14.1. The van der Waals surface area contributed by atoms with E-state index in [2.05, 4.69) is 5.32 Å². The fraction of sp³-hybridized carbons (Fsp3) is 0.533. The minimum absolute atomic E-state index is 0.00913. The largest absolute Gasteiger partial charge is 0.465 e. The average Bonchev–Trinajstić information content (AvgIpc) is 2.44. The molecule has 0 fully saturated rings. The fourth-order valence-corrected chi connectivity index (χ4v) is 1.95. The quantitative estimate of drug-likeness (QED) is 0.700. The molecule has 106 valence electrons. The normalized spacial score (nSPS) is 13.8. The molecule has 4 heteroatoms. The topological polar surface area (TPSA) is 58.6 Å². The maximum atomic E-state index is 11.7. The summed E-state index contributed by atoms with van der Waals surface area (Å²) in [4.78, 5) is 11.7. The summed E-state index contributed by atoms with van der Waals surface area (Å²) in [5.74, 6) is -0.253. The van der Waals surface area contributed by atoms with Gasteiger partial charge in [0.05, 0.1) is 13.2 Å². The molecule has 0 heterocycles. The van der Waals surface area contributed by atoms with Gasteiger partial charge in [0.25, 0.3) is 0 Å². The van der Waals surface area contributed by atoms with Crippen molar-refractivity contribution in [3.63, 3.8) is 0 Å². The summed E-state index contributed by atoms with van der Waals surface area (Å²) >= 11 is 0. The van der Waals surface area contributed by atoms with E-state index in [0.717, 1.165) is 5.56 Å². The van der Waals surface area contributed by atoms with Gasteiger partial charge in [-0.05, 0) is 25.3 Å². The van der Waals surface area contributed by atoms with Crippen molar-refractivity contribution in [1.29, 1.82) is 0 Å². The summed E-state index contributed by atoms with van der Waals surface area (Å²) in [6.07, 6.45) is 1.33. The first-order valence-corrected chi connectivity index (χ1v) is 6.78. The van der Waals surface area contributed by atoms with Crippen molar-refractivity contribution in [2.45, 2.75) is 38.8 Å². The molecular formula is C15H23NO3. The summed E-state index contributed by atoms with van der Waals surface area (Å²) in [6, 6.07) is 9.40. The van der Waals surface area contributed by atoms with Crippen LogP contribution < -0.4 is 5.32 Å². The van der Waals surface area contributed by atoms with E-state index < -0.39 is 0 Å². The second-order valence-corrected chi connectivity index (χ2v) is 4.45. The molecule has 4 nitrogen and oxygen atoms in total. The van der Waals surface area contributed by atoms with Crippen LogP contribution >= 0.6 is 0 Å². The van der Waals surface area contributed by atoms with Crippen LogP contribution in [-0.4, -0.2) is 36.4 Å². The Balaban J connectivity index is 2.57. The molecular weight excluding hydrogens is 242 g/mol. The van der Waals surface area contributed by atoms with Gasteiger partial charge in [0, 0.05) is 6.04 Å². The Morgan fingerprint density at radius 3 is 2.53 bits per heavy atom. The Hall–Kier alpha value is -1.39. The lowest BCUT2D eigenvalue weighted by Gasteiger charge is -2.22. The van der Waals surface area contributed by atoms with Gasteiger partial charge in [0.15, 0.2) is 0 Å². The Bertz CT molecular complexity index is 367. The lowest BCUT2D eigenvalue weighted by Crippen LogP contribution is -2.46. The molecule has 0 radical (unpaired) electrons. The van der Waals surface area contributed by atoms with Crippen LogP contribution in [0.5, 0.6) is 0 Å². The second kappa shape index (κ2) is 8.67. The van der Waals surface area contributed by atoms with Crippen molar-refractivity contribution in [3.8, 4) is 0 Å². The maximum Gasteiger partial charge on any atom is 0.323 e. The van der Waals surface area contributed by atoms with Gasteiger partial charge in [-0.15, -0.1) is 0 Å². The van der Waals surface area contributed by atoms with Gasteiger partial charge in [-0.3, -0.25) is 10.1 Å². The van der Waals surface area contributed by atoms with Crippen LogP contribution in [0.25, 0.3) is 0 Å². The number of benzene rings is 1. The highest BCUT2D eigenvalue weighted by molar-refractivity contribution is 5.75. The van der Waals surface area contributed by atoms with E-state index >= 15 is 0 Å². The predicted octanol–water partition coefficient (Wildman–Crippen LogP) is 1.52. The molecule has 2 unspecified atom stereocenters. The summed E-state index contributed by atoms with van der Waals surface area (Å²) < 4.78 is 5.01. The van der Waals surface area contributed by atoms with E-state index in [1.807, 2.05) is 37.3 Å². The minimum Gasteiger partial charge on any atom is -0.465 e. The van der Waals surface area contributed by atoms with Crippen molar-refractivity contribution in [2.75, 3.05) is 13.2 Å². The molecule has 2 atom stereocenters. The van der Waals surface area contributed by atoms with E-state index in [1.165, 1.54) is 0 Å². The molecule has 19 heavy (non-hydrogen) atoms. The molecule has 1 aromatic rings. The van der Waals surface area contributed by atoms with Crippen LogP contribution in [0.4, 0.5) is 0 Å². The third kappa shape index (κ3) is 5.41. The van der Waals surface area contributed by atoms with Gasteiger partial charge < -0.3 is 9.84 Å². The highest BCUT2D eigenvalue weighted by Gasteiger charge is 2.21. The van der Waals surface area contributed by atoms with Crippen LogP contribution in [0.3, 0.4) is 0 Å². The number of hydrogen-bond acceptors (Lipinski definition) is 4. The predicted molar refractivity (Wildman–Crippen MR) is 74.9 cm³/mol. The van der Waals surface area contributed by atoms with E-state index in [1.54, 1.807) is 6.92 Å². The number of hydrogen-bond donors (Lipinski definition) is 2. The van der Waals surface area contributed by atoms with E-state index in [0.29, 0.717) is 19.4 Å². The highest BCUT2D eigenvalue weighted by Crippen LogP contribution is 2.05. The van der Waals surface area contributed by atoms with Gasteiger partial charge in [-0.25, -0.2) is 0 Å². The zero-order valence-corrected chi connectivity index (χ0v) is 11.6. The molecule has 0 saturated heterocycles. The number of aliphatic hydroxyl groups excluding tert-OH is 1. The minimum atomic E-state index is -0.360. The zero-order valence-electron chi connectivity index (χ0n) is 11.6. The number of carbonyl (C=O) groups excluding carboxylic acids is 1. The smallest absolute Gasteiger partial charge is 0.323 e. The standard InChI is InChI=1S/C15H23NO3/c1-3-14(15(18)19-4-2)16-13(11-17)10-12-8-6-5-7-9-12/h5-9,13-14,16-17H,3-4,10-11H2,1-2H3. The molecule has 0 spiro atoms. The van der Waals surface area contributed by atoms with Crippen molar-refractivity contribution < 1.29 is 14.6 Å². The van der Waals surface area contributed by atoms with E-state index in [-0.39, 0.29) is 24.7 Å². The van der Waals surface area contributed by atoms with Crippen LogP contribution in [0, 0.1) is 0 Å². The van der Waals surface area contributed by atoms with E-state index in [4.69, 9.17) is 4.74 Å². The molecule has 0 saturated carbocycles. The van der Waals surface area contributed by atoms with E-state index in [9.17, 15) is 9.90 Å². The fourth-order valence-electron chi connectivity index (χ4n) is 1.95. The Labute approximate surface area is 114 Å². The monoisotopic (exact) mass is 265 g/mol. The molecule has 0 aliphatic heterocycles. The van der Waals surface area contributed by atoms with Gasteiger partial charge in [0.2, 0.25) is 0 Å². The first-order valence-electron chi connectivity index (χ1n) is 6.78. The van der Waals surface area contributed by atoms with Crippen molar-refractivity contribution in [2.24, 2.45) is 0 Å². The van der Waals surface area contributed by atoms with Crippen LogP contribution in [0.15, 0.2) is 30.3 Å². The first-order chi connectivity index (χ1) is 9.21. The van der Waals surface area contributed by atoms with Crippen molar-refractivity contribution in [1.82, 2.24) is 5.32 Å². The summed E-state index contributed by atoms with van der Waals surface area (Å²) in [5, 5.41) is 12.6. The first kappa shape index (κ1) is 15.7. The highest BCUT2D eigenvalue weighted by atomic mass is 16.5. The number of carbonyl (C=O) groups is 1. The lowest BCUT2D eigenvalue weighted by atomic mass is 10.1. The third-order valence-corrected chi connectivity index (χ3v) is 2.96. The van der Waals surface area contributed by atoms with Crippen molar-refractivity contribution in [3.05, 3.63) is 35.9 Å². The Morgan fingerprint density at radius 2 is 2.00 bits per heavy atom. The lowest BCUT2D eigenvalue weighted by molar-refractivity contribution is -0.146. The SMILES string of the molecule is CCOC(=O)C(CC)NC(CO)Cc1ccccc1. The van der Waals surface area contributed by atoms with Crippen LogP contribution in [0.1, 0.15) is 25.8 Å². The number of aliphatic hydroxyl groups is 1. The number of rotatable bonds is 8. The van der Waals surface area contributed by atoms with Crippen LogP contribution in [0.2, 0.25) is 0 Å².